The van der Waals surface area contributed by atoms with Crippen LogP contribution in [0.5, 0.6) is 0 Å². The highest BCUT2D eigenvalue weighted by Gasteiger charge is 2.30. The molecule has 0 unspecified atom stereocenters. The molecule has 27 heavy (non-hydrogen) atoms. The normalized spacial score (nSPS) is 18.4. The van der Waals surface area contributed by atoms with Gasteiger partial charge in [0.25, 0.3) is 0 Å². The van der Waals surface area contributed by atoms with Gasteiger partial charge in [0.05, 0.1) is 18.3 Å². The lowest BCUT2D eigenvalue weighted by Crippen LogP contribution is -2.28. The second kappa shape index (κ2) is 7.53. The Morgan fingerprint density at radius 1 is 1.37 bits per heavy atom. The van der Waals surface area contributed by atoms with E-state index in [0.29, 0.717) is 17.2 Å². The lowest BCUT2D eigenvalue weighted by atomic mass is 10.2. The first-order valence-electron chi connectivity index (χ1n) is 8.89. The molecular formula is C17H26N6O3S. The number of sulfonamides is 1. The summed E-state index contributed by atoms with van der Waals surface area (Å²) < 4.78 is 32.2. The molecule has 1 aliphatic heterocycles. The van der Waals surface area contributed by atoms with Gasteiger partial charge in [0, 0.05) is 20.2 Å². The Labute approximate surface area is 159 Å². The Hall–Kier alpha value is -2.04. The van der Waals surface area contributed by atoms with Crippen molar-refractivity contribution in [2.45, 2.75) is 44.2 Å². The number of nitrogens with zero attached hydrogens (tertiary/aromatic N) is 5. The van der Waals surface area contributed by atoms with Gasteiger partial charge in [0.2, 0.25) is 10.0 Å². The first-order valence-corrected chi connectivity index (χ1v) is 10.3. The van der Waals surface area contributed by atoms with E-state index in [0.717, 1.165) is 25.2 Å². The second-order valence-electron chi connectivity index (χ2n) is 6.91. The molecular weight excluding hydrogens is 368 g/mol. The van der Waals surface area contributed by atoms with Crippen LogP contribution in [0.2, 0.25) is 0 Å². The second-order valence-corrected chi connectivity index (χ2v) is 8.89. The van der Waals surface area contributed by atoms with Crippen LogP contribution in [0.3, 0.4) is 0 Å². The van der Waals surface area contributed by atoms with Crippen LogP contribution >= 0.6 is 0 Å². The monoisotopic (exact) mass is 394 g/mol. The molecule has 2 aromatic rings. The van der Waals surface area contributed by atoms with Crippen molar-refractivity contribution < 1.29 is 12.9 Å². The predicted molar refractivity (Wildman–Crippen MR) is 101 cm³/mol. The van der Waals surface area contributed by atoms with E-state index in [9.17, 15) is 8.42 Å². The van der Waals surface area contributed by atoms with Crippen LogP contribution in [0.25, 0.3) is 0 Å². The highest BCUT2D eigenvalue weighted by molar-refractivity contribution is 7.89. The molecule has 0 aliphatic carbocycles. The highest BCUT2D eigenvalue weighted by atomic mass is 32.2. The molecule has 148 valence electrons. The summed E-state index contributed by atoms with van der Waals surface area (Å²) in [5, 5.41) is 6.79. The Kier molecular flexibility index (Phi) is 5.50. The van der Waals surface area contributed by atoms with Crippen molar-refractivity contribution in [1.82, 2.24) is 24.3 Å². The van der Waals surface area contributed by atoms with Crippen LogP contribution in [0.15, 0.2) is 15.5 Å². The molecule has 3 heterocycles. The number of anilines is 1. The summed E-state index contributed by atoms with van der Waals surface area (Å²) in [4.78, 5) is 11.6. The summed E-state index contributed by atoms with van der Waals surface area (Å²) in [6.07, 6.45) is 2.10. The van der Waals surface area contributed by atoms with Crippen LogP contribution in [0.1, 0.15) is 41.9 Å². The summed E-state index contributed by atoms with van der Waals surface area (Å²) in [7, 11) is 1.65. The molecule has 3 rings (SSSR count). The molecule has 10 heteroatoms. The molecule has 1 saturated heterocycles. The first kappa shape index (κ1) is 19.7. The van der Waals surface area contributed by atoms with Crippen molar-refractivity contribution in [3.05, 3.63) is 29.0 Å². The standard InChI is InChI=1S/C17H26N6O3S/c1-11-16(12(2)26-21-11)27(24,25)23(5)10-13-9-15(18-3)20-17(19-13)14-7-6-8-22(14)4/h9,14H,6-8,10H2,1-5H3,(H,18,19,20)/t14-/m1/s1. The van der Waals surface area contributed by atoms with Gasteiger partial charge in [-0.1, -0.05) is 5.16 Å². The maximum atomic E-state index is 12.9. The van der Waals surface area contributed by atoms with E-state index in [1.165, 1.54) is 11.4 Å². The molecule has 1 atom stereocenters. The van der Waals surface area contributed by atoms with Crippen molar-refractivity contribution in [2.75, 3.05) is 33.0 Å². The van der Waals surface area contributed by atoms with Gasteiger partial charge in [-0.15, -0.1) is 0 Å². The Balaban J connectivity index is 1.90. The number of nitrogens with one attached hydrogen (secondary N) is 1. The number of aromatic nitrogens is 3. The van der Waals surface area contributed by atoms with Crippen LogP contribution in [0, 0.1) is 13.8 Å². The minimum atomic E-state index is -3.73. The lowest BCUT2D eigenvalue weighted by Gasteiger charge is -2.21. The van der Waals surface area contributed by atoms with E-state index in [-0.39, 0.29) is 23.2 Å². The molecule has 0 amide bonds. The SMILES string of the molecule is CNc1cc(CN(C)S(=O)(=O)c2c(C)noc2C)nc([C@H]2CCCN2C)n1. The third kappa shape index (κ3) is 3.83. The summed E-state index contributed by atoms with van der Waals surface area (Å²) >= 11 is 0. The van der Waals surface area contributed by atoms with E-state index in [1.54, 1.807) is 27.0 Å². The molecule has 9 nitrogen and oxygen atoms in total. The van der Waals surface area contributed by atoms with Gasteiger partial charge in [0.1, 0.15) is 22.2 Å². The largest absolute Gasteiger partial charge is 0.373 e. The Bertz CT molecular complexity index is 907. The number of hydrogen-bond acceptors (Lipinski definition) is 8. The number of likely N-dealkylation sites (tertiary alicyclic amines) is 1. The molecule has 0 spiro atoms. The molecule has 0 aromatic carbocycles. The zero-order chi connectivity index (χ0) is 19.8. The smallest absolute Gasteiger partial charge is 0.248 e. The summed E-state index contributed by atoms with van der Waals surface area (Å²) in [5.74, 6) is 1.68. The fourth-order valence-electron chi connectivity index (χ4n) is 3.42. The molecule has 0 bridgehead atoms. The number of rotatable bonds is 6. The van der Waals surface area contributed by atoms with Crippen LogP contribution in [0.4, 0.5) is 5.82 Å². The van der Waals surface area contributed by atoms with Gasteiger partial charge in [-0.25, -0.2) is 18.4 Å². The molecule has 1 aliphatic rings. The maximum absolute atomic E-state index is 12.9. The van der Waals surface area contributed by atoms with E-state index in [2.05, 4.69) is 32.4 Å². The van der Waals surface area contributed by atoms with Gasteiger partial charge in [-0.05, 0) is 40.3 Å². The average Bonchev–Trinajstić information content (AvgIpc) is 3.19. The van der Waals surface area contributed by atoms with Gasteiger partial charge >= 0.3 is 0 Å². The topological polar surface area (TPSA) is 104 Å². The predicted octanol–water partition coefficient (Wildman–Crippen LogP) is 1.71. The summed E-state index contributed by atoms with van der Waals surface area (Å²) in [5.41, 5.74) is 0.994. The van der Waals surface area contributed by atoms with Crippen molar-refractivity contribution in [2.24, 2.45) is 0 Å². The van der Waals surface area contributed by atoms with Gasteiger partial charge < -0.3 is 9.84 Å². The minimum absolute atomic E-state index is 0.114. The molecule has 1 fully saturated rings. The Morgan fingerprint density at radius 2 is 2.11 bits per heavy atom. The fourth-order valence-corrected chi connectivity index (χ4v) is 4.85. The quantitative estimate of drug-likeness (QED) is 0.790. The molecule has 0 saturated carbocycles. The molecule has 1 N–H and O–H groups in total. The van der Waals surface area contributed by atoms with Crippen molar-refractivity contribution in [3.63, 3.8) is 0 Å². The number of aryl methyl sites for hydroxylation is 2. The van der Waals surface area contributed by atoms with Crippen LogP contribution in [-0.4, -0.2) is 60.4 Å². The first-order chi connectivity index (χ1) is 12.7. The third-order valence-electron chi connectivity index (χ3n) is 4.89. The van der Waals surface area contributed by atoms with Crippen LogP contribution in [-0.2, 0) is 16.6 Å². The van der Waals surface area contributed by atoms with Gasteiger partial charge in [0.15, 0.2) is 5.76 Å². The third-order valence-corrected chi connectivity index (χ3v) is 6.94. The van der Waals surface area contributed by atoms with Gasteiger partial charge in [-0.2, -0.15) is 4.31 Å². The van der Waals surface area contributed by atoms with Crippen LogP contribution < -0.4 is 5.32 Å². The van der Waals surface area contributed by atoms with Crippen molar-refractivity contribution >= 4 is 15.8 Å². The summed E-state index contributed by atoms with van der Waals surface area (Å²) in [6.45, 7) is 4.36. The van der Waals surface area contributed by atoms with E-state index in [4.69, 9.17) is 4.52 Å². The highest BCUT2D eigenvalue weighted by Crippen LogP contribution is 2.29. The van der Waals surface area contributed by atoms with Gasteiger partial charge in [-0.3, -0.25) is 4.90 Å². The van der Waals surface area contributed by atoms with Crippen molar-refractivity contribution in [3.8, 4) is 0 Å². The lowest BCUT2D eigenvalue weighted by molar-refractivity contribution is 0.305. The van der Waals surface area contributed by atoms with E-state index in [1.807, 2.05) is 0 Å². The number of hydrogen-bond donors (Lipinski definition) is 1. The molecule has 0 radical (unpaired) electrons. The summed E-state index contributed by atoms with van der Waals surface area (Å²) in [6, 6.07) is 1.93. The molecule has 2 aromatic heterocycles. The van der Waals surface area contributed by atoms with E-state index < -0.39 is 10.0 Å². The minimum Gasteiger partial charge on any atom is -0.373 e. The van der Waals surface area contributed by atoms with Crippen molar-refractivity contribution in [1.29, 1.82) is 0 Å². The fraction of sp³-hybridized carbons (Fsp3) is 0.588. The Morgan fingerprint density at radius 3 is 2.67 bits per heavy atom. The average molecular weight is 395 g/mol. The zero-order valence-electron chi connectivity index (χ0n) is 16.4. The van der Waals surface area contributed by atoms with E-state index >= 15 is 0 Å². The zero-order valence-corrected chi connectivity index (χ0v) is 17.2. The maximum Gasteiger partial charge on any atom is 0.248 e.